The van der Waals surface area contributed by atoms with Gasteiger partial charge in [0.25, 0.3) is 0 Å². The van der Waals surface area contributed by atoms with Crippen molar-refractivity contribution in [3.8, 4) is 5.75 Å². The van der Waals surface area contributed by atoms with Crippen LogP contribution in [0.3, 0.4) is 0 Å². The number of ether oxygens (including phenoxy) is 1. The molecule has 2 rings (SSSR count). The molecular weight excluding hydrogens is 219 g/mol. The molecule has 1 nitrogen and oxygen atoms in total. The summed E-state index contributed by atoms with van der Waals surface area (Å²) in [5.41, 5.74) is 2.92. The van der Waals surface area contributed by atoms with E-state index in [1.54, 1.807) is 0 Å². The highest BCUT2D eigenvalue weighted by Gasteiger charge is 2.01. The van der Waals surface area contributed by atoms with Gasteiger partial charge in [-0.05, 0) is 24.1 Å². The lowest BCUT2D eigenvalue weighted by Gasteiger charge is -2.10. The molecule has 0 fully saturated rings. The van der Waals surface area contributed by atoms with E-state index in [1.165, 1.54) is 0 Å². The van der Waals surface area contributed by atoms with Crippen LogP contribution in [0.15, 0.2) is 48.5 Å². The molecule has 2 heteroatoms. The Balaban J connectivity index is 0.000000771. The lowest BCUT2D eigenvalue weighted by Crippen LogP contribution is -2.08. The standard InChI is InChI=1S/C14H13BO.C2H6/c1-11-13(15)8-5-9-14(11)16-10-12-6-3-2-4-7-12;1-2/h2-9H,10H2,1H3;1-2H3. The first-order chi connectivity index (χ1) is 8.77. The molecule has 0 atom stereocenters. The number of rotatable bonds is 3. The van der Waals surface area contributed by atoms with Gasteiger partial charge in [-0.3, -0.25) is 0 Å². The maximum absolute atomic E-state index is 5.81. The van der Waals surface area contributed by atoms with Gasteiger partial charge in [-0.2, -0.15) is 0 Å². The highest BCUT2D eigenvalue weighted by molar-refractivity contribution is 6.33. The van der Waals surface area contributed by atoms with Crippen molar-refractivity contribution >= 4 is 13.3 Å². The summed E-state index contributed by atoms with van der Waals surface area (Å²) < 4.78 is 5.72. The highest BCUT2D eigenvalue weighted by atomic mass is 16.5. The van der Waals surface area contributed by atoms with E-state index >= 15 is 0 Å². The third-order valence-corrected chi connectivity index (χ3v) is 2.56. The minimum atomic E-state index is 0.575. The molecule has 0 N–H and O–H groups in total. The van der Waals surface area contributed by atoms with Crippen LogP contribution in [0.5, 0.6) is 5.75 Å². The van der Waals surface area contributed by atoms with Crippen LogP contribution in [0, 0.1) is 6.92 Å². The average molecular weight is 238 g/mol. The third kappa shape index (κ3) is 3.95. The van der Waals surface area contributed by atoms with Crippen LogP contribution < -0.4 is 10.2 Å². The van der Waals surface area contributed by atoms with Gasteiger partial charge in [0, 0.05) is 0 Å². The monoisotopic (exact) mass is 238 g/mol. The predicted octanol–water partition coefficient (Wildman–Crippen LogP) is 3.39. The molecule has 0 spiro atoms. The molecule has 0 bridgehead atoms. The molecule has 0 aromatic heterocycles. The topological polar surface area (TPSA) is 9.23 Å². The van der Waals surface area contributed by atoms with Crippen molar-refractivity contribution in [3.05, 3.63) is 59.7 Å². The first-order valence-corrected chi connectivity index (χ1v) is 6.29. The van der Waals surface area contributed by atoms with Crippen molar-refractivity contribution in [2.75, 3.05) is 0 Å². The van der Waals surface area contributed by atoms with Crippen LogP contribution in [-0.2, 0) is 6.61 Å². The van der Waals surface area contributed by atoms with Gasteiger partial charge in [0.2, 0.25) is 0 Å². The van der Waals surface area contributed by atoms with Crippen LogP contribution in [0.25, 0.3) is 0 Å². The van der Waals surface area contributed by atoms with Crippen molar-refractivity contribution < 1.29 is 4.74 Å². The fourth-order valence-corrected chi connectivity index (χ4v) is 1.52. The summed E-state index contributed by atoms with van der Waals surface area (Å²) in [5, 5.41) is 0. The van der Waals surface area contributed by atoms with Gasteiger partial charge in [-0.25, -0.2) is 0 Å². The largest absolute Gasteiger partial charge is 0.489 e. The van der Waals surface area contributed by atoms with Crippen molar-refractivity contribution in [2.45, 2.75) is 27.4 Å². The second-order valence-electron chi connectivity index (χ2n) is 3.74. The normalized spacial score (nSPS) is 9.28. The van der Waals surface area contributed by atoms with Crippen molar-refractivity contribution in [3.63, 3.8) is 0 Å². The number of benzene rings is 2. The lowest BCUT2D eigenvalue weighted by atomic mass is 9.91. The SMILES string of the molecule is CC.[B]c1cccc(OCc2ccccc2)c1C. The molecular formula is C16H19BO. The second kappa shape index (κ2) is 7.60. The maximum Gasteiger partial charge on any atom is 0.122 e. The molecule has 0 unspecified atom stereocenters. The highest BCUT2D eigenvalue weighted by Crippen LogP contribution is 2.16. The van der Waals surface area contributed by atoms with Crippen molar-refractivity contribution in [1.29, 1.82) is 0 Å². The van der Waals surface area contributed by atoms with Gasteiger partial charge in [0.1, 0.15) is 20.2 Å². The Morgan fingerprint density at radius 3 is 2.28 bits per heavy atom. The van der Waals surface area contributed by atoms with Crippen LogP contribution in [0.4, 0.5) is 0 Å². The summed E-state index contributed by atoms with van der Waals surface area (Å²) in [7, 11) is 5.81. The van der Waals surface area contributed by atoms with Crippen LogP contribution in [0.1, 0.15) is 25.0 Å². The van der Waals surface area contributed by atoms with Gasteiger partial charge in [-0.15, -0.1) is 0 Å². The fraction of sp³-hybridized carbons (Fsp3) is 0.250. The quantitative estimate of drug-likeness (QED) is 0.744. The van der Waals surface area contributed by atoms with E-state index in [-0.39, 0.29) is 0 Å². The van der Waals surface area contributed by atoms with E-state index in [0.29, 0.717) is 6.61 Å². The molecule has 0 aliphatic heterocycles. The average Bonchev–Trinajstić information content (AvgIpc) is 2.44. The zero-order valence-electron chi connectivity index (χ0n) is 11.3. The van der Waals surface area contributed by atoms with Crippen LogP contribution >= 0.6 is 0 Å². The molecule has 0 amide bonds. The summed E-state index contributed by atoms with van der Waals surface area (Å²) in [6.07, 6.45) is 0. The third-order valence-electron chi connectivity index (χ3n) is 2.56. The Hall–Kier alpha value is -1.70. The van der Waals surface area contributed by atoms with E-state index in [2.05, 4.69) is 0 Å². The molecule has 18 heavy (non-hydrogen) atoms. The van der Waals surface area contributed by atoms with E-state index < -0.39 is 0 Å². The molecule has 92 valence electrons. The van der Waals surface area contributed by atoms with E-state index in [0.717, 1.165) is 22.3 Å². The van der Waals surface area contributed by atoms with E-state index in [1.807, 2.05) is 69.3 Å². The number of hydrogen-bond donors (Lipinski definition) is 0. The Labute approximate surface area is 111 Å². The molecule has 0 aliphatic rings. The van der Waals surface area contributed by atoms with E-state index in [4.69, 9.17) is 12.6 Å². The Kier molecular flexibility index (Phi) is 6.06. The summed E-state index contributed by atoms with van der Waals surface area (Å²) in [6.45, 7) is 6.54. The van der Waals surface area contributed by atoms with Crippen LogP contribution in [-0.4, -0.2) is 7.85 Å². The summed E-state index contributed by atoms with van der Waals surface area (Å²) in [4.78, 5) is 0. The Morgan fingerprint density at radius 2 is 1.61 bits per heavy atom. The predicted molar refractivity (Wildman–Crippen MR) is 78.7 cm³/mol. The molecule has 0 saturated carbocycles. The molecule has 2 aromatic carbocycles. The smallest absolute Gasteiger partial charge is 0.122 e. The lowest BCUT2D eigenvalue weighted by molar-refractivity contribution is 0.304. The first kappa shape index (κ1) is 14.4. The minimum absolute atomic E-state index is 0.575. The Bertz CT molecular complexity index is 466. The van der Waals surface area contributed by atoms with Gasteiger partial charge >= 0.3 is 0 Å². The first-order valence-electron chi connectivity index (χ1n) is 6.29. The zero-order chi connectivity index (χ0) is 13.4. The van der Waals surface area contributed by atoms with E-state index in [9.17, 15) is 0 Å². The van der Waals surface area contributed by atoms with Gasteiger partial charge in [0.05, 0.1) is 0 Å². The summed E-state index contributed by atoms with van der Waals surface area (Å²) >= 11 is 0. The summed E-state index contributed by atoms with van der Waals surface area (Å²) in [6, 6.07) is 15.8. The fourth-order valence-electron chi connectivity index (χ4n) is 1.52. The van der Waals surface area contributed by atoms with Crippen molar-refractivity contribution in [1.82, 2.24) is 0 Å². The van der Waals surface area contributed by atoms with Crippen molar-refractivity contribution in [2.24, 2.45) is 0 Å². The molecule has 2 radical (unpaired) electrons. The number of hydrogen-bond acceptors (Lipinski definition) is 1. The molecule has 0 aliphatic carbocycles. The van der Waals surface area contributed by atoms with Gasteiger partial charge in [-0.1, -0.05) is 61.8 Å². The molecule has 2 aromatic rings. The van der Waals surface area contributed by atoms with Gasteiger partial charge in [0.15, 0.2) is 0 Å². The zero-order valence-corrected chi connectivity index (χ0v) is 11.3. The summed E-state index contributed by atoms with van der Waals surface area (Å²) in [5.74, 6) is 0.851. The second-order valence-corrected chi connectivity index (χ2v) is 3.74. The maximum atomic E-state index is 5.81. The Morgan fingerprint density at radius 1 is 0.944 bits per heavy atom. The molecule has 0 saturated heterocycles. The molecule has 0 heterocycles. The minimum Gasteiger partial charge on any atom is -0.489 e. The van der Waals surface area contributed by atoms with Crippen LogP contribution in [0.2, 0.25) is 0 Å². The van der Waals surface area contributed by atoms with Gasteiger partial charge < -0.3 is 4.74 Å².